The van der Waals surface area contributed by atoms with Crippen LogP contribution in [-0.2, 0) is 13.7 Å². The maximum Gasteiger partial charge on any atom is 0.207 e. The van der Waals surface area contributed by atoms with Crippen LogP contribution in [-0.4, -0.2) is 15.6 Å². The predicted octanol–water partition coefficient (Wildman–Crippen LogP) is 4.93. The smallest absolute Gasteiger partial charge is 0.207 e. The van der Waals surface area contributed by atoms with Crippen LogP contribution in [0.3, 0.4) is 0 Å². The Balaban J connectivity index is 1.62. The number of ether oxygens (including phenoxy) is 1. The highest BCUT2D eigenvalue weighted by molar-refractivity contribution is 6.34. The number of benzene rings is 1. The minimum atomic E-state index is -0.439. The van der Waals surface area contributed by atoms with E-state index in [2.05, 4.69) is 5.10 Å². The summed E-state index contributed by atoms with van der Waals surface area (Å²) >= 11 is 11.8. The molecule has 0 radical (unpaired) electrons. The van der Waals surface area contributed by atoms with E-state index < -0.39 is 5.82 Å². The molecule has 134 valence electrons. The van der Waals surface area contributed by atoms with Crippen LogP contribution in [0.5, 0.6) is 5.75 Å². The van der Waals surface area contributed by atoms with Crippen molar-refractivity contribution in [1.82, 2.24) is 9.78 Å². The van der Waals surface area contributed by atoms with Gasteiger partial charge in [0.1, 0.15) is 29.7 Å². The van der Waals surface area contributed by atoms with Crippen LogP contribution in [0.25, 0.3) is 6.08 Å². The van der Waals surface area contributed by atoms with E-state index in [-0.39, 0.29) is 28.1 Å². The van der Waals surface area contributed by atoms with E-state index in [9.17, 15) is 9.18 Å². The maximum absolute atomic E-state index is 13.0. The minimum Gasteiger partial charge on any atom is -0.484 e. The van der Waals surface area contributed by atoms with Crippen LogP contribution in [0.4, 0.5) is 4.39 Å². The Labute approximate surface area is 158 Å². The molecular weight excluding hydrogens is 382 g/mol. The lowest BCUT2D eigenvalue weighted by molar-refractivity contribution is 0.104. The van der Waals surface area contributed by atoms with Crippen molar-refractivity contribution in [3.8, 4) is 5.75 Å². The number of carbonyl (C=O) groups is 1. The molecule has 5 nitrogen and oxygen atoms in total. The lowest BCUT2D eigenvalue weighted by Gasteiger charge is -2.05. The third kappa shape index (κ3) is 4.33. The summed E-state index contributed by atoms with van der Waals surface area (Å²) in [6.07, 6.45) is 4.39. The second-order valence-corrected chi connectivity index (χ2v) is 6.18. The van der Waals surface area contributed by atoms with Gasteiger partial charge in [-0.05, 0) is 42.5 Å². The molecular formula is C18H13Cl2FN2O3. The fourth-order valence-electron chi connectivity index (χ4n) is 2.17. The third-order valence-corrected chi connectivity index (χ3v) is 3.93. The summed E-state index contributed by atoms with van der Waals surface area (Å²) in [5, 5.41) is 4.46. The van der Waals surface area contributed by atoms with E-state index in [0.717, 1.165) is 0 Å². The largest absolute Gasteiger partial charge is 0.484 e. The summed E-state index contributed by atoms with van der Waals surface area (Å²) in [4.78, 5) is 12.1. The monoisotopic (exact) mass is 394 g/mol. The quantitative estimate of drug-likeness (QED) is 0.439. The zero-order valence-electron chi connectivity index (χ0n) is 13.6. The van der Waals surface area contributed by atoms with Gasteiger partial charge in [-0.15, -0.1) is 0 Å². The van der Waals surface area contributed by atoms with Crippen LogP contribution >= 0.6 is 23.2 Å². The molecule has 0 amide bonds. The molecule has 26 heavy (non-hydrogen) atoms. The second-order valence-electron chi connectivity index (χ2n) is 5.36. The zero-order chi connectivity index (χ0) is 18.7. The Morgan fingerprint density at radius 1 is 1.31 bits per heavy atom. The first-order valence-corrected chi connectivity index (χ1v) is 8.26. The van der Waals surface area contributed by atoms with Gasteiger partial charge in [-0.3, -0.25) is 9.48 Å². The fourth-order valence-corrected chi connectivity index (χ4v) is 2.66. The van der Waals surface area contributed by atoms with E-state index >= 15 is 0 Å². The van der Waals surface area contributed by atoms with Gasteiger partial charge in [0.05, 0.1) is 10.0 Å². The van der Waals surface area contributed by atoms with Gasteiger partial charge in [-0.1, -0.05) is 23.2 Å². The van der Waals surface area contributed by atoms with Gasteiger partial charge in [0.2, 0.25) is 5.78 Å². The molecule has 8 heteroatoms. The van der Waals surface area contributed by atoms with Crippen molar-refractivity contribution in [2.45, 2.75) is 6.61 Å². The van der Waals surface area contributed by atoms with Crippen LogP contribution in [0, 0.1) is 5.82 Å². The molecule has 0 aliphatic carbocycles. The predicted molar refractivity (Wildman–Crippen MR) is 96.0 cm³/mol. The number of hydrogen-bond donors (Lipinski definition) is 0. The van der Waals surface area contributed by atoms with E-state index in [0.29, 0.717) is 17.3 Å². The summed E-state index contributed by atoms with van der Waals surface area (Å²) < 4.78 is 25.5. The molecule has 0 aliphatic rings. The molecule has 1 aromatic carbocycles. The third-order valence-electron chi connectivity index (χ3n) is 3.36. The van der Waals surface area contributed by atoms with Crippen molar-refractivity contribution < 1.29 is 18.3 Å². The van der Waals surface area contributed by atoms with Gasteiger partial charge >= 0.3 is 0 Å². The number of aromatic nitrogens is 2. The molecule has 0 bridgehead atoms. The molecule has 3 rings (SSSR count). The SMILES string of the molecule is Cn1cc(Cl)c(C(=O)/C=C/c2ccc(COc3ccc(F)cc3Cl)o2)n1. The van der Waals surface area contributed by atoms with Crippen LogP contribution in [0.1, 0.15) is 22.0 Å². The zero-order valence-corrected chi connectivity index (χ0v) is 15.1. The molecule has 0 fully saturated rings. The number of rotatable bonds is 6. The highest BCUT2D eigenvalue weighted by atomic mass is 35.5. The highest BCUT2D eigenvalue weighted by Gasteiger charge is 2.12. The number of allylic oxidation sites excluding steroid dienone is 1. The first-order chi connectivity index (χ1) is 12.4. The molecule has 0 saturated carbocycles. The summed E-state index contributed by atoms with van der Waals surface area (Å²) in [6.45, 7) is 0.110. The van der Waals surface area contributed by atoms with Gasteiger partial charge in [0.15, 0.2) is 5.69 Å². The van der Waals surface area contributed by atoms with E-state index in [1.807, 2.05) is 0 Å². The molecule has 0 N–H and O–H groups in total. The Morgan fingerprint density at radius 3 is 2.81 bits per heavy atom. The molecule has 0 saturated heterocycles. The van der Waals surface area contributed by atoms with Crippen molar-refractivity contribution >= 4 is 35.1 Å². The van der Waals surface area contributed by atoms with E-state index in [4.69, 9.17) is 32.4 Å². The summed E-state index contributed by atoms with van der Waals surface area (Å²) in [5.74, 6) is 0.567. The Kier molecular flexibility index (Phi) is 5.44. The minimum absolute atomic E-state index is 0.110. The summed E-state index contributed by atoms with van der Waals surface area (Å²) in [6, 6.07) is 7.26. The lowest BCUT2D eigenvalue weighted by Crippen LogP contribution is -1.98. The topological polar surface area (TPSA) is 57.3 Å². The lowest BCUT2D eigenvalue weighted by atomic mass is 10.2. The van der Waals surface area contributed by atoms with Crippen molar-refractivity contribution in [1.29, 1.82) is 0 Å². The molecule has 2 heterocycles. The Hall–Kier alpha value is -2.57. The van der Waals surface area contributed by atoms with Crippen molar-refractivity contribution in [2.24, 2.45) is 7.05 Å². The van der Waals surface area contributed by atoms with Gasteiger partial charge in [0.25, 0.3) is 0 Å². The van der Waals surface area contributed by atoms with Crippen LogP contribution in [0.15, 0.2) is 47.0 Å². The number of nitrogens with zero attached hydrogens (tertiary/aromatic N) is 2. The molecule has 0 unspecified atom stereocenters. The molecule has 0 atom stereocenters. The summed E-state index contributed by atoms with van der Waals surface area (Å²) in [7, 11) is 1.68. The van der Waals surface area contributed by atoms with Crippen LogP contribution in [0.2, 0.25) is 10.0 Å². The fraction of sp³-hybridized carbons (Fsp3) is 0.111. The van der Waals surface area contributed by atoms with Gasteiger partial charge < -0.3 is 9.15 Å². The first-order valence-electron chi connectivity index (χ1n) is 7.50. The Bertz CT molecular complexity index is 979. The normalized spacial score (nSPS) is 11.2. The van der Waals surface area contributed by atoms with Gasteiger partial charge in [0, 0.05) is 13.2 Å². The molecule has 2 aromatic heterocycles. The number of aryl methyl sites for hydroxylation is 1. The first kappa shape index (κ1) is 18.2. The number of ketones is 1. The van der Waals surface area contributed by atoms with Crippen molar-refractivity contribution in [3.63, 3.8) is 0 Å². The molecule has 0 spiro atoms. The van der Waals surface area contributed by atoms with Crippen molar-refractivity contribution in [3.05, 3.63) is 75.7 Å². The summed E-state index contributed by atoms with van der Waals surface area (Å²) in [5.41, 5.74) is 0.173. The van der Waals surface area contributed by atoms with E-state index in [1.54, 1.807) is 25.4 Å². The van der Waals surface area contributed by atoms with Gasteiger partial charge in [-0.25, -0.2) is 4.39 Å². The number of halogens is 3. The van der Waals surface area contributed by atoms with Crippen molar-refractivity contribution in [2.75, 3.05) is 0 Å². The van der Waals surface area contributed by atoms with Gasteiger partial charge in [-0.2, -0.15) is 5.10 Å². The van der Waals surface area contributed by atoms with Crippen LogP contribution < -0.4 is 4.74 Å². The number of hydrogen-bond acceptors (Lipinski definition) is 4. The number of furan rings is 1. The number of carbonyl (C=O) groups excluding carboxylic acids is 1. The maximum atomic E-state index is 13.0. The standard InChI is InChI=1S/C18H13Cl2FN2O3/c1-23-9-15(20)18(22-23)16(24)6-5-12-3-4-13(26-12)10-25-17-7-2-11(21)8-14(17)19/h2-9H,10H2,1H3/b6-5+. The highest BCUT2D eigenvalue weighted by Crippen LogP contribution is 2.26. The average Bonchev–Trinajstić information content (AvgIpc) is 3.18. The average molecular weight is 395 g/mol. The second kappa shape index (κ2) is 7.76. The molecule has 3 aromatic rings. The molecule has 0 aliphatic heterocycles. The Morgan fingerprint density at radius 2 is 2.12 bits per heavy atom. The van der Waals surface area contributed by atoms with E-state index in [1.165, 1.54) is 35.0 Å².